The highest BCUT2D eigenvalue weighted by Gasteiger charge is 2.17. The molecule has 0 aliphatic carbocycles. The van der Waals surface area contributed by atoms with Crippen molar-refractivity contribution in [1.29, 1.82) is 0 Å². The molecule has 8 heteroatoms. The maximum absolute atomic E-state index is 11.7. The van der Waals surface area contributed by atoms with Crippen LogP contribution in [-0.2, 0) is 14.8 Å². The zero-order valence-electron chi connectivity index (χ0n) is 10.3. The minimum Gasteiger partial charge on any atom is -0.505 e. The summed E-state index contributed by atoms with van der Waals surface area (Å²) in [4.78, 5) is 10.8. The van der Waals surface area contributed by atoms with Crippen molar-refractivity contribution in [3.63, 3.8) is 0 Å². The second-order valence-corrected chi connectivity index (χ2v) is 5.62. The number of carboxylic acid groups (broad SMARTS) is 1. The van der Waals surface area contributed by atoms with Gasteiger partial charge in [0.15, 0.2) is 5.75 Å². The number of para-hydroxylation sites is 1. The number of phenols is 1. The Labute approximate surface area is 110 Å². The molecule has 0 saturated heterocycles. The van der Waals surface area contributed by atoms with Crippen molar-refractivity contribution in [3.8, 4) is 5.75 Å². The molecule has 7 nitrogen and oxygen atoms in total. The second kappa shape index (κ2) is 6.39. The summed E-state index contributed by atoms with van der Waals surface area (Å²) in [6.45, 7) is 0.294. The lowest BCUT2D eigenvalue weighted by Gasteiger charge is -2.10. The first-order valence-electron chi connectivity index (χ1n) is 5.42. The number of aromatic carboxylic acids is 1. The average molecular weight is 289 g/mol. The summed E-state index contributed by atoms with van der Waals surface area (Å²) in [5, 5.41) is 18.5. The highest BCUT2D eigenvalue weighted by Crippen LogP contribution is 2.28. The summed E-state index contributed by atoms with van der Waals surface area (Å²) in [5.74, 6) is -2.12. The van der Waals surface area contributed by atoms with E-state index in [9.17, 15) is 18.3 Å². The average Bonchev–Trinajstić information content (AvgIpc) is 2.31. The van der Waals surface area contributed by atoms with Gasteiger partial charge in [0.05, 0.1) is 11.4 Å². The van der Waals surface area contributed by atoms with E-state index in [0.29, 0.717) is 13.0 Å². The summed E-state index contributed by atoms with van der Waals surface area (Å²) >= 11 is 0. The first-order chi connectivity index (χ1) is 8.87. The molecule has 0 amide bonds. The minimum absolute atomic E-state index is 0.155. The van der Waals surface area contributed by atoms with Crippen molar-refractivity contribution in [2.75, 3.05) is 24.2 Å². The fraction of sp³-hybridized carbons (Fsp3) is 0.364. The second-order valence-electron chi connectivity index (χ2n) is 3.77. The van der Waals surface area contributed by atoms with Gasteiger partial charge >= 0.3 is 5.97 Å². The number of rotatable bonds is 7. The highest BCUT2D eigenvalue weighted by molar-refractivity contribution is 7.92. The van der Waals surface area contributed by atoms with Gasteiger partial charge in [0, 0.05) is 13.7 Å². The number of nitrogens with one attached hydrogen (secondary N) is 1. The summed E-state index contributed by atoms with van der Waals surface area (Å²) in [6, 6.07) is 3.81. The zero-order chi connectivity index (χ0) is 14.5. The number of anilines is 1. The van der Waals surface area contributed by atoms with Crippen LogP contribution in [0.1, 0.15) is 16.8 Å². The van der Waals surface area contributed by atoms with Crippen LogP contribution in [0.5, 0.6) is 5.75 Å². The first-order valence-corrected chi connectivity index (χ1v) is 7.07. The van der Waals surface area contributed by atoms with Crippen LogP contribution in [0.15, 0.2) is 18.2 Å². The lowest BCUT2D eigenvalue weighted by atomic mass is 10.2. The summed E-state index contributed by atoms with van der Waals surface area (Å²) in [7, 11) is -2.19. The van der Waals surface area contributed by atoms with Gasteiger partial charge in [0.25, 0.3) is 0 Å². The fourth-order valence-electron chi connectivity index (χ4n) is 1.41. The van der Waals surface area contributed by atoms with Crippen LogP contribution in [0, 0.1) is 0 Å². The van der Waals surface area contributed by atoms with Gasteiger partial charge in [-0.15, -0.1) is 0 Å². The quantitative estimate of drug-likeness (QED) is 0.507. The Morgan fingerprint density at radius 2 is 2.11 bits per heavy atom. The van der Waals surface area contributed by atoms with E-state index >= 15 is 0 Å². The number of hydrogen-bond donors (Lipinski definition) is 3. The van der Waals surface area contributed by atoms with Crippen molar-refractivity contribution in [2.24, 2.45) is 0 Å². The molecule has 106 valence electrons. The van der Waals surface area contributed by atoms with Gasteiger partial charge < -0.3 is 14.9 Å². The maximum atomic E-state index is 11.7. The van der Waals surface area contributed by atoms with E-state index in [1.807, 2.05) is 0 Å². The van der Waals surface area contributed by atoms with Gasteiger partial charge in [-0.3, -0.25) is 4.72 Å². The summed E-state index contributed by atoms with van der Waals surface area (Å²) < 4.78 is 30.3. The molecule has 0 unspecified atom stereocenters. The number of benzene rings is 1. The molecule has 0 aliphatic heterocycles. The molecule has 0 saturated carbocycles. The fourth-order valence-corrected chi connectivity index (χ4v) is 2.51. The topological polar surface area (TPSA) is 113 Å². The highest BCUT2D eigenvalue weighted by atomic mass is 32.2. The zero-order valence-corrected chi connectivity index (χ0v) is 11.1. The minimum atomic E-state index is -3.65. The lowest BCUT2D eigenvalue weighted by Crippen LogP contribution is -2.18. The smallest absolute Gasteiger partial charge is 0.339 e. The molecule has 0 fully saturated rings. The van der Waals surface area contributed by atoms with Gasteiger partial charge in [-0.2, -0.15) is 0 Å². The molecule has 0 atom stereocenters. The van der Waals surface area contributed by atoms with Crippen LogP contribution in [-0.4, -0.2) is 44.1 Å². The van der Waals surface area contributed by atoms with Gasteiger partial charge in [-0.1, -0.05) is 6.07 Å². The molecule has 3 N–H and O–H groups in total. The number of carboxylic acids is 1. The largest absolute Gasteiger partial charge is 0.505 e. The third-order valence-corrected chi connectivity index (χ3v) is 3.65. The number of carbonyl (C=O) groups is 1. The van der Waals surface area contributed by atoms with E-state index in [2.05, 4.69) is 4.72 Å². The Bertz CT molecular complexity index is 554. The Morgan fingerprint density at radius 3 is 2.68 bits per heavy atom. The van der Waals surface area contributed by atoms with Crippen molar-refractivity contribution >= 4 is 21.7 Å². The molecule has 0 heterocycles. The van der Waals surface area contributed by atoms with Crippen LogP contribution in [0.2, 0.25) is 0 Å². The van der Waals surface area contributed by atoms with Gasteiger partial charge in [-0.05, 0) is 18.6 Å². The summed E-state index contributed by atoms with van der Waals surface area (Å²) in [6.07, 6.45) is 0.297. The van der Waals surface area contributed by atoms with E-state index in [1.54, 1.807) is 0 Å². The molecule has 0 bridgehead atoms. The van der Waals surface area contributed by atoms with Gasteiger partial charge in [0.1, 0.15) is 5.56 Å². The SMILES string of the molecule is COCCCS(=O)(=O)Nc1cccc(C(=O)O)c1O. The number of aromatic hydroxyl groups is 1. The van der Waals surface area contributed by atoms with Crippen molar-refractivity contribution in [2.45, 2.75) is 6.42 Å². The van der Waals surface area contributed by atoms with E-state index in [4.69, 9.17) is 9.84 Å². The Hall–Kier alpha value is -1.80. The van der Waals surface area contributed by atoms with E-state index < -0.39 is 21.7 Å². The molecular weight excluding hydrogens is 274 g/mol. The normalized spacial score (nSPS) is 11.2. The predicted octanol–water partition coefficient (Wildman–Crippen LogP) is 0.869. The lowest BCUT2D eigenvalue weighted by molar-refractivity contribution is 0.0694. The summed E-state index contributed by atoms with van der Waals surface area (Å²) in [5.41, 5.74) is -0.519. The van der Waals surface area contributed by atoms with Crippen molar-refractivity contribution in [1.82, 2.24) is 0 Å². The molecule has 0 spiro atoms. The first kappa shape index (κ1) is 15.3. The van der Waals surface area contributed by atoms with Crippen LogP contribution in [0.25, 0.3) is 0 Å². The third-order valence-electron chi connectivity index (χ3n) is 2.29. The molecule has 1 aromatic rings. The van der Waals surface area contributed by atoms with Gasteiger partial charge in [-0.25, -0.2) is 13.2 Å². The molecule has 19 heavy (non-hydrogen) atoms. The van der Waals surface area contributed by atoms with E-state index in [-0.39, 0.29) is 17.0 Å². The Balaban J connectivity index is 2.88. The number of sulfonamides is 1. The molecule has 0 aliphatic rings. The standard InChI is InChI=1S/C11H15NO6S/c1-18-6-3-7-19(16,17)12-9-5-2-4-8(10(9)13)11(14)15/h2,4-5,12-13H,3,6-7H2,1H3,(H,14,15). The van der Waals surface area contributed by atoms with E-state index in [0.717, 1.165) is 0 Å². The predicted molar refractivity (Wildman–Crippen MR) is 69.0 cm³/mol. The molecular formula is C11H15NO6S. The molecule has 0 radical (unpaired) electrons. The van der Waals surface area contributed by atoms with Crippen LogP contribution in [0.4, 0.5) is 5.69 Å². The molecule has 1 aromatic carbocycles. The number of methoxy groups -OCH3 is 1. The Kier molecular flexibility index (Phi) is 5.13. The maximum Gasteiger partial charge on any atom is 0.339 e. The van der Waals surface area contributed by atoms with Crippen LogP contribution < -0.4 is 4.72 Å². The van der Waals surface area contributed by atoms with Crippen LogP contribution in [0.3, 0.4) is 0 Å². The number of hydrogen-bond acceptors (Lipinski definition) is 5. The van der Waals surface area contributed by atoms with E-state index in [1.165, 1.54) is 25.3 Å². The monoisotopic (exact) mass is 289 g/mol. The molecule has 0 aromatic heterocycles. The number of ether oxygens (including phenoxy) is 1. The Morgan fingerprint density at radius 1 is 1.42 bits per heavy atom. The molecule has 1 rings (SSSR count). The third kappa shape index (κ3) is 4.42. The van der Waals surface area contributed by atoms with Crippen molar-refractivity contribution in [3.05, 3.63) is 23.8 Å². The van der Waals surface area contributed by atoms with Gasteiger partial charge in [0.2, 0.25) is 10.0 Å². The van der Waals surface area contributed by atoms with Crippen LogP contribution >= 0.6 is 0 Å². The van der Waals surface area contributed by atoms with Crippen molar-refractivity contribution < 1.29 is 28.2 Å².